The molecule has 2 aromatic rings. The van der Waals surface area contributed by atoms with Gasteiger partial charge in [-0.05, 0) is 29.8 Å². The number of amides is 2. The Bertz CT molecular complexity index is 856. The standard InChI is InChI=1S/C20H22N2O4S/c1-21(11-14-8-9-16(25-2)17(10-14)26-3)19(23)12-22-15-6-4-5-7-18(15)27-13-20(22)24/h4-10H,11-13H2,1-3H3. The lowest BCUT2D eigenvalue weighted by Gasteiger charge is -2.30. The minimum absolute atomic E-state index is 0.0280. The molecule has 1 aliphatic rings. The van der Waals surface area contributed by atoms with E-state index in [4.69, 9.17) is 9.47 Å². The maximum absolute atomic E-state index is 12.7. The summed E-state index contributed by atoms with van der Waals surface area (Å²) in [6.45, 7) is 0.442. The van der Waals surface area contributed by atoms with Gasteiger partial charge >= 0.3 is 0 Å². The third-order valence-corrected chi connectivity index (χ3v) is 5.44. The zero-order valence-electron chi connectivity index (χ0n) is 15.6. The number of anilines is 1. The number of hydrogen-bond acceptors (Lipinski definition) is 5. The Kier molecular flexibility index (Phi) is 5.91. The van der Waals surface area contributed by atoms with Crippen molar-refractivity contribution in [2.75, 3.05) is 38.5 Å². The molecule has 0 spiro atoms. The Morgan fingerprint density at radius 2 is 1.89 bits per heavy atom. The molecule has 142 valence electrons. The maximum atomic E-state index is 12.7. The number of benzene rings is 2. The van der Waals surface area contributed by atoms with Crippen molar-refractivity contribution in [2.45, 2.75) is 11.4 Å². The number of carbonyl (C=O) groups excluding carboxylic acids is 2. The highest BCUT2D eigenvalue weighted by molar-refractivity contribution is 8.00. The summed E-state index contributed by atoms with van der Waals surface area (Å²) in [4.78, 5) is 29.2. The van der Waals surface area contributed by atoms with Gasteiger partial charge in [0, 0.05) is 18.5 Å². The van der Waals surface area contributed by atoms with Gasteiger partial charge in [-0.3, -0.25) is 9.59 Å². The molecule has 2 amide bonds. The number of hydrogen-bond donors (Lipinski definition) is 0. The number of carbonyl (C=O) groups is 2. The number of methoxy groups -OCH3 is 2. The maximum Gasteiger partial charge on any atom is 0.242 e. The van der Waals surface area contributed by atoms with Crippen molar-refractivity contribution < 1.29 is 19.1 Å². The molecular formula is C20H22N2O4S. The third-order valence-electron chi connectivity index (χ3n) is 4.40. The van der Waals surface area contributed by atoms with Crippen LogP contribution in [0.3, 0.4) is 0 Å². The van der Waals surface area contributed by atoms with Gasteiger partial charge in [0.15, 0.2) is 11.5 Å². The second kappa shape index (κ2) is 8.35. The molecule has 7 heteroatoms. The lowest BCUT2D eigenvalue weighted by molar-refractivity contribution is -0.130. The molecule has 0 radical (unpaired) electrons. The number of para-hydroxylation sites is 1. The van der Waals surface area contributed by atoms with Crippen LogP contribution in [0.25, 0.3) is 0 Å². The molecule has 0 aliphatic carbocycles. The van der Waals surface area contributed by atoms with Gasteiger partial charge in [-0.15, -0.1) is 11.8 Å². The molecule has 0 unspecified atom stereocenters. The van der Waals surface area contributed by atoms with Gasteiger partial charge in [0.1, 0.15) is 6.54 Å². The zero-order chi connectivity index (χ0) is 19.4. The van der Waals surface area contributed by atoms with E-state index in [1.54, 1.807) is 31.1 Å². The van der Waals surface area contributed by atoms with Gasteiger partial charge in [-0.1, -0.05) is 18.2 Å². The average molecular weight is 386 g/mol. The summed E-state index contributed by atoms with van der Waals surface area (Å²) in [6, 6.07) is 13.2. The molecule has 0 N–H and O–H groups in total. The first-order valence-electron chi connectivity index (χ1n) is 8.50. The smallest absolute Gasteiger partial charge is 0.242 e. The minimum atomic E-state index is -0.125. The zero-order valence-corrected chi connectivity index (χ0v) is 16.4. The molecule has 0 aromatic heterocycles. The summed E-state index contributed by atoms with van der Waals surface area (Å²) in [5.41, 5.74) is 1.72. The SMILES string of the molecule is COc1ccc(CN(C)C(=O)CN2C(=O)CSc3ccccc32)cc1OC. The fourth-order valence-electron chi connectivity index (χ4n) is 2.92. The van der Waals surface area contributed by atoms with E-state index in [9.17, 15) is 9.59 Å². The first-order chi connectivity index (χ1) is 13.0. The van der Waals surface area contributed by atoms with E-state index in [2.05, 4.69) is 0 Å². The highest BCUT2D eigenvalue weighted by atomic mass is 32.2. The van der Waals surface area contributed by atoms with Crippen molar-refractivity contribution in [3.8, 4) is 11.5 Å². The molecule has 27 heavy (non-hydrogen) atoms. The van der Waals surface area contributed by atoms with E-state index in [0.29, 0.717) is 23.8 Å². The van der Waals surface area contributed by atoms with Crippen molar-refractivity contribution in [1.29, 1.82) is 0 Å². The van der Waals surface area contributed by atoms with E-state index < -0.39 is 0 Å². The Morgan fingerprint density at radius 1 is 1.15 bits per heavy atom. The second-order valence-electron chi connectivity index (χ2n) is 6.18. The fourth-order valence-corrected chi connectivity index (χ4v) is 3.86. The van der Waals surface area contributed by atoms with Crippen LogP contribution in [0, 0.1) is 0 Å². The Labute approximate surface area is 163 Å². The van der Waals surface area contributed by atoms with Gasteiger partial charge in [0.2, 0.25) is 11.8 Å². The lowest BCUT2D eigenvalue weighted by atomic mass is 10.2. The van der Waals surface area contributed by atoms with Crippen molar-refractivity contribution in [3.05, 3.63) is 48.0 Å². The van der Waals surface area contributed by atoms with Crippen molar-refractivity contribution in [1.82, 2.24) is 4.90 Å². The molecule has 1 aliphatic heterocycles. The molecule has 0 saturated carbocycles. The fraction of sp³-hybridized carbons (Fsp3) is 0.300. The Balaban J connectivity index is 1.70. The van der Waals surface area contributed by atoms with Gasteiger partial charge in [-0.2, -0.15) is 0 Å². The minimum Gasteiger partial charge on any atom is -0.493 e. The van der Waals surface area contributed by atoms with Crippen LogP contribution in [0.5, 0.6) is 11.5 Å². The second-order valence-corrected chi connectivity index (χ2v) is 7.19. The predicted molar refractivity (Wildman–Crippen MR) is 106 cm³/mol. The predicted octanol–water partition coefficient (Wildman–Crippen LogP) is 2.80. The van der Waals surface area contributed by atoms with E-state index in [0.717, 1.165) is 16.1 Å². The molecule has 0 saturated heterocycles. The molecule has 0 bridgehead atoms. The van der Waals surface area contributed by atoms with Crippen LogP contribution in [-0.4, -0.2) is 50.3 Å². The number of ether oxygens (including phenoxy) is 2. The number of rotatable bonds is 6. The summed E-state index contributed by atoms with van der Waals surface area (Å²) < 4.78 is 10.5. The number of nitrogens with zero attached hydrogens (tertiary/aromatic N) is 2. The summed E-state index contributed by atoms with van der Waals surface area (Å²) in [6.07, 6.45) is 0. The van der Waals surface area contributed by atoms with E-state index in [1.165, 1.54) is 11.8 Å². The number of thioether (sulfide) groups is 1. The molecular weight excluding hydrogens is 364 g/mol. The monoisotopic (exact) mass is 386 g/mol. The van der Waals surface area contributed by atoms with E-state index in [-0.39, 0.29) is 18.4 Å². The quantitative estimate of drug-likeness (QED) is 0.764. The van der Waals surface area contributed by atoms with Gasteiger partial charge in [0.25, 0.3) is 0 Å². The molecule has 0 fully saturated rings. The number of likely N-dealkylation sites (N-methyl/N-ethyl adjacent to an activating group) is 1. The lowest BCUT2D eigenvalue weighted by Crippen LogP contribution is -2.43. The summed E-state index contributed by atoms with van der Waals surface area (Å²) >= 11 is 1.50. The van der Waals surface area contributed by atoms with Crippen LogP contribution in [0.2, 0.25) is 0 Å². The van der Waals surface area contributed by atoms with Crippen molar-refractivity contribution in [2.24, 2.45) is 0 Å². The van der Waals surface area contributed by atoms with Crippen LogP contribution in [0.1, 0.15) is 5.56 Å². The highest BCUT2D eigenvalue weighted by Gasteiger charge is 2.27. The van der Waals surface area contributed by atoms with Crippen LogP contribution in [0.15, 0.2) is 47.4 Å². The molecule has 3 rings (SSSR count). The summed E-state index contributed by atoms with van der Waals surface area (Å²) in [7, 11) is 4.89. The van der Waals surface area contributed by atoms with Crippen molar-refractivity contribution >= 4 is 29.3 Å². The largest absolute Gasteiger partial charge is 0.493 e. The third kappa shape index (κ3) is 4.19. The molecule has 6 nitrogen and oxygen atoms in total. The first-order valence-corrected chi connectivity index (χ1v) is 9.49. The summed E-state index contributed by atoms with van der Waals surface area (Å²) in [5.74, 6) is 1.44. The van der Waals surface area contributed by atoms with Crippen LogP contribution < -0.4 is 14.4 Å². The van der Waals surface area contributed by atoms with Gasteiger partial charge < -0.3 is 19.3 Å². The van der Waals surface area contributed by atoms with E-state index in [1.807, 2.05) is 42.5 Å². The van der Waals surface area contributed by atoms with E-state index >= 15 is 0 Å². The molecule has 1 heterocycles. The van der Waals surface area contributed by atoms with Gasteiger partial charge in [0.05, 0.1) is 25.7 Å². The Hall–Kier alpha value is -2.67. The summed E-state index contributed by atoms with van der Waals surface area (Å²) in [5, 5.41) is 0. The van der Waals surface area contributed by atoms with Gasteiger partial charge in [-0.25, -0.2) is 0 Å². The Morgan fingerprint density at radius 3 is 2.63 bits per heavy atom. The average Bonchev–Trinajstić information content (AvgIpc) is 2.69. The first kappa shape index (κ1) is 19.1. The highest BCUT2D eigenvalue weighted by Crippen LogP contribution is 2.34. The normalized spacial score (nSPS) is 13.1. The van der Waals surface area contributed by atoms with Crippen molar-refractivity contribution in [3.63, 3.8) is 0 Å². The van der Waals surface area contributed by atoms with Crippen LogP contribution in [0.4, 0.5) is 5.69 Å². The number of fused-ring (bicyclic) bond motifs is 1. The van der Waals surface area contributed by atoms with Crippen LogP contribution >= 0.6 is 11.8 Å². The molecule has 2 aromatic carbocycles. The molecule has 0 atom stereocenters. The topological polar surface area (TPSA) is 59.1 Å². The van der Waals surface area contributed by atoms with Crippen LogP contribution in [-0.2, 0) is 16.1 Å².